The second-order valence-electron chi connectivity index (χ2n) is 6.11. The normalized spacial score (nSPS) is 25.6. The number of carboxylic acids is 1. The number of rotatable bonds is 6. The van der Waals surface area contributed by atoms with Crippen LogP contribution in [0.1, 0.15) is 26.2 Å². The number of aliphatic hydroxyl groups is 2. The van der Waals surface area contributed by atoms with Crippen molar-refractivity contribution in [2.75, 3.05) is 6.61 Å². The molecule has 0 spiro atoms. The predicted molar refractivity (Wildman–Crippen MR) is 95.5 cm³/mol. The highest BCUT2D eigenvalue weighted by molar-refractivity contribution is 5.98. The Morgan fingerprint density at radius 1 is 1.44 bits per heavy atom. The summed E-state index contributed by atoms with van der Waals surface area (Å²) >= 11 is 0. The fraction of sp³-hybridized carbons (Fsp3) is 0.421. The average molecular weight is 380 g/mol. The van der Waals surface area contributed by atoms with Crippen LogP contribution in [0.3, 0.4) is 0 Å². The maximum absolute atomic E-state index is 11.9. The molecule has 0 aromatic heterocycles. The number of hydrogen-bond acceptors (Lipinski definition) is 7. The molecule has 1 rings (SSSR count). The van der Waals surface area contributed by atoms with Gasteiger partial charge in [0, 0.05) is 16.7 Å². The van der Waals surface area contributed by atoms with E-state index in [1.165, 1.54) is 13.0 Å². The van der Waals surface area contributed by atoms with Crippen LogP contribution in [0.2, 0.25) is 0 Å². The summed E-state index contributed by atoms with van der Waals surface area (Å²) in [6.07, 6.45) is -0.119. The molecule has 0 amide bonds. The van der Waals surface area contributed by atoms with Gasteiger partial charge in [0.2, 0.25) is 0 Å². The Bertz CT molecular complexity index is 673. The summed E-state index contributed by atoms with van der Waals surface area (Å²) in [5, 5.41) is 29.5. The van der Waals surface area contributed by atoms with Crippen LogP contribution in [0.25, 0.3) is 0 Å². The molecule has 1 aliphatic rings. The zero-order valence-electron chi connectivity index (χ0n) is 15.1. The van der Waals surface area contributed by atoms with Crippen LogP contribution in [0.5, 0.6) is 0 Å². The van der Waals surface area contributed by atoms with E-state index in [9.17, 15) is 29.7 Å². The van der Waals surface area contributed by atoms with E-state index in [4.69, 9.17) is 9.47 Å². The maximum Gasteiger partial charge on any atom is 0.335 e. The lowest BCUT2D eigenvalue weighted by molar-refractivity contribution is -0.133. The van der Waals surface area contributed by atoms with Crippen molar-refractivity contribution in [2.45, 2.75) is 44.7 Å². The van der Waals surface area contributed by atoms with E-state index in [1.807, 2.05) is 0 Å². The summed E-state index contributed by atoms with van der Waals surface area (Å²) in [5.41, 5.74) is -0.125. The minimum atomic E-state index is -1.60. The molecule has 27 heavy (non-hydrogen) atoms. The van der Waals surface area contributed by atoms with E-state index in [1.54, 1.807) is 0 Å². The molecular formula is C19H24O8. The first-order valence-corrected chi connectivity index (χ1v) is 8.28. The van der Waals surface area contributed by atoms with E-state index < -0.39 is 30.3 Å². The summed E-state index contributed by atoms with van der Waals surface area (Å²) in [5.74, 6) is -1.92. The number of aliphatic hydroxyl groups excluding tert-OH is 2. The number of ketones is 1. The molecule has 8 heteroatoms. The molecule has 3 atom stereocenters. The van der Waals surface area contributed by atoms with Crippen molar-refractivity contribution in [3.63, 3.8) is 0 Å². The number of hydrogen-bond donors (Lipinski definition) is 3. The molecule has 148 valence electrons. The number of carboxylic acid groups (broad SMARTS) is 1. The quantitative estimate of drug-likeness (QED) is 0.270. The Kier molecular flexibility index (Phi) is 8.80. The van der Waals surface area contributed by atoms with Gasteiger partial charge in [0.15, 0.2) is 18.2 Å². The van der Waals surface area contributed by atoms with Gasteiger partial charge in [-0.15, -0.1) is 0 Å². The van der Waals surface area contributed by atoms with Gasteiger partial charge in [-0.25, -0.2) is 4.79 Å². The Hall–Kier alpha value is -2.55. The number of aldehydes is 1. The van der Waals surface area contributed by atoms with E-state index in [0.29, 0.717) is 19.1 Å². The zero-order valence-corrected chi connectivity index (χ0v) is 15.1. The van der Waals surface area contributed by atoms with Gasteiger partial charge < -0.3 is 24.8 Å². The van der Waals surface area contributed by atoms with Crippen LogP contribution < -0.4 is 0 Å². The van der Waals surface area contributed by atoms with Gasteiger partial charge >= 0.3 is 5.97 Å². The van der Waals surface area contributed by atoms with Crippen LogP contribution in [0.4, 0.5) is 0 Å². The summed E-state index contributed by atoms with van der Waals surface area (Å²) < 4.78 is 10.6. The van der Waals surface area contributed by atoms with Gasteiger partial charge in [-0.1, -0.05) is 19.2 Å². The molecule has 8 nitrogen and oxygen atoms in total. The van der Waals surface area contributed by atoms with Crippen molar-refractivity contribution in [3.05, 3.63) is 47.8 Å². The third-order valence-electron chi connectivity index (χ3n) is 3.88. The van der Waals surface area contributed by atoms with Gasteiger partial charge in [0.1, 0.15) is 12.4 Å². The number of ether oxygens (including phenoxy) is 2. The van der Waals surface area contributed by atoms with E-state index in [0.717, 1.165) is 6.26 Å². The van der Waals surface area contributed by atoms with Gasteiger partial charge in [-0.3, -0.25) is 9.59 Å². The first kappa shape index (κ1) is 22.5. The Balaban J connectivity index is 3.19. The van der Waals surface area contributed by atoms with Gasteiger partial charge in [-0.2, -0.15) is 0 Å². The van der Waals surface area contributed by atoms with Crippen LogP contribution >= 0.6 is 0 Å². The fourth-order valence-corrected chi connectivity index (χ4v) is 2.31. The number of allylic oxidation sites excluding steroid dienone is 2. The monoisotopic (exact) mass is 380 g/mol. The van der Waals surface area contributed by atoms with Crippen molar-refractivity contribution in [1.82, 2.24) is 0 Å². The lowest BCUT2D eigenvalue weighted by atomic mass is 9.99. The van der Waals surface area contributed by atoms with Crippen LogP contribution in [-0.4, -0.2) is 58.5 Å². The second-order valence-corrected chi connectivity index (χ2v) is 6.11. The SMILES string of the molecule is C=C1COC(O)/C(C(OC=C(C)C=O)C(=C)C(=O)O)=C\CCCC(O)C1=O. The predicted octanol–water partition coefficient (Wildman–Crippen LogP) is 1.05. The minimum Gasteiger partial charge on any atom is -0.488 e. The van der Waals surface area contributed by atoms with Gasteiger partial charge in [0.25, 0.3) is 0 Å². The summed E-state index contributed by atoms with van der Waals surface area (Å²) in [7, 11) is 0. The summed E-state index contributed by atoms with van der Waals surface area (Å²) in [4.78, 5) is 34.0. The minimum absolute atomic E-state index is 0.0194. The molecule has 0 aromatic rings. The van der Waals surface area contributed by atoms with Crippen molar-refractivity contribution in [1.29, 1.82) is 0 Å². The number of Topliss-reactive ketones (excluding diaryl/α,β-unsaturated/α-hetero) is 1. The van der Waals surface area contributed by atoms with E-state index in [2.05, 4.69) is 13.2 Å². The molecule has 0 fully saturated rings. The smallest absolute Gasteiger partial charge is 0.335 e. The van der Waals surface area contributed by atoms with Crippen molar-refractivity contribution in [3.8, 4) is 0 Å². The van der Waals surface area contributed by atoms with Crippen LogP contribution in [0, 0.1) is 0 Å². The van der Waals surface area contributed by atoms with Crippen molar-refractivity contribution < 1.29 is 39.2 Å². The third-order valence-corrected chi connectivity index (χ3v) is 3.88. The molecule has 0 bridgehead atoms. The largest absolute Gasteiger partial charge is 0.488 e. The topological polar surface area (TPSA) is 130 Å². The number of aliphatic carboxylic acids is 1. The van der Waals surface area contributed by atoms with E-state index in [-0.39, 0.29) is 35.3 Å². The molecule has 1 aliphatic heterocycles. The maximum atomic E-state index is 11.9. The van der Waals surface area contributed by atoms with Crippen molar-refractivity contribution >= 4 is 18.0 Å². The summed E-state index contributed by atoms with van der Waals surface area (Å²) in [6, 6.07) is 0. The molecule has 3 unspecified atom stereocenters. The third kappa shape index (κ3) is 6.59. The molecule has 0 saturated carbocycles. The van der Waals surface area contributed by atoms with Crippen LogP contribution in [0.15, 0.2) is 47.8 Å². The zero-order chi connectivity index (χ0) is 20.6. The lowest BCUT2D eigenvalue weighted by Crippen LogP contribution is -2.31. The number of carbonyl (C=O) groups is 3. The lowest BCUT2D eigenvalue weighted by Gasteiger charge is -2.24. The standard InChI is InChI=1S/C19H24O8/c1-11(8-20)9-26-17(13(3)18(23)24)14-6-4-5-7-15(21)16(22)12(2)10-27-19(14)25/h6,8-9,15,17,19,21,25H,2-5,7,10H2,1H3,(H,23,24)/b11-9?,14-6-. The van der Waals surface area contributed by atoms with Crippen LogP contribution in [-0.2, 0) is 23.9 Å². The Morgan fingerprint density at radius 3 is 2.70 bits per heavy atom. The molecule has 1 heterocycles. The van der Waals surface area contributed by atoms with Gasteiger partial charge in [-0.05, 0) is 26.2 Å². The summed E-state index contributed by atoms with van der Waals surface area (Å²) in [6.45, 7) is 8.10. The highest BCUT2D eigenvalue weighted by atomic mass is 16.6. The van der Waals surface area contributed by atoms with Gasteiger partial charge in [0.05, 0.1) is 18.4 Å². The molecule has 0 aromatic carbocycles. The molecular weight excluding hydrogens is 356 g/mol. The molecule has 0 radical (unpaired) electrons. The molecule has 3 N–H and O–H groups in total. The highest BCUT2D eigenvalue weighted by Gasteiger charge is 2.30. The second kappa shape index (κ2) is 10.6. The number of carbonyl (C=O) groups excluding carboxylic acids is 2. The Morgan fingerprint density at radius 2 is 2.11 bits per heavy atom. The fourth-order valence-electron chi connectivity index (χ4n) is 2.31. The molecule has 0 aliphatic carbocycles. The molecule has 0 saturated heterocycles. The van der Waals surface area contributed by atoms with E-state index >= 15 is 0 Å². The first-order valence-electron chi connectivity index (χ1n) is 8.28. The Labute approximate surface area is 157 Å². The highest BCUT2D eigenvalue weighted by Crippen LogP contribution is 2.23. The first-order chi connectivity index (χ1) is 12.7. The average Bonchev–Trinajstić information content (AvgIpc) is 2.66. The van der Waals surface area contributed by atoms with Crippen molar-refractivity contribution in [2.24, 2.45) is 0 Å².